The second-order valence-electron chi connectivity index (χ2n) is 4.56. The van der Waals surface area contributed by atoms with Gasteiger partial charge in [-0.15, -0.1) is 0 Å². The minimum Gasteiger partial charge on any atom is -0.481 e. The molecule has 0 amide bonds. The van der Waals surface area contributed by atoms with E-state index in [0.29, 0.717) is 18.0 Å². The second-order valence-corrected chi connectivity index (χ2v) is 4.56. The first-order valence-corrected chi connectivity index (χ1v) is 6.43. The van der Waals surface area contributed by atoms with Gasteiger partial charge in [0.05, 0.1) is 19.3 Å². The number of amidine groups is 1. The smallest absolute Gasteiger partial charge is 0.213 e. The molecule has 2 rings (SSSR count). The highest BCUT2D eigenvalue weighted by Gasteiger charge is 2.05. The van der Waals surface area contributed by atoms with Gasteiger partial charge in [-0.05, 0) is 30.3 Å². The van der Waals surface area contributed by atoms with Crippen molar-refractivity contribution in [2.24, 2.45) is 10.9 Å². The fraction of sp³-hybridized carbons (Fsp3) is 0.200. The summed E-state index contributed by atoms with van der Waals surface area (Å²) in [5, 5.41) is 11.6. The Morgan fingerprint density at radius 3 is 2.62 bits per heavy atom. The van der Waals surface area contributed by atoms with Crippen molar-refractivity contribution in [1.29, 1.82) is 0 Å². The fourth-order valence-corrected chi connectivity index (χ4v) is 1.94. The van der Waals surface area contributed by atoms with E-state index in [0.717, 1.165) is 11.4 Å². The molecule has 6 heteroatoms. The molecule has 21 heavy (non-hydrogen) atoms. The fourth-order valence-electron chi connectivity index (χ4n) is 1.94. The molecule has 1 aromatic carbocycles. The number of nitrogens with two attached hydrogens (primary N) is 1. The van der Waals surface area contributed by atoms with Crippen LogP contribution >= 0.6 is 0 Å². The summed E-state index contributed by atoms with van der Waals surface area (Å²) in [6.07, 6.45) is 0. The number of benzene rings is 1. The van der Waals surface area contributed by atoms with Gasteiger partial charge < -0.3 is 20.6 Å². The minimum atomic E-state index is 0.0960. The van der Waals surface area contributed by atoms with E-state index in [9.17, 15) is 0 Å². The van der Waals surface area contributed by atoms with Crippen LogP contribution in [0.2, 0.25) is 0 Å². The number of aromatic nitrogens is 1. The number of rotatable bonds is 5. The van der Waals surface area contributed by atoms with E-state index in [1.165, 1.54) is 0 Å². The highest BCUT2D eigenvalue weighted by molar-refractivity contribution is 5.97. The number of methoxy groups -OCH3 is 1. The van der Waals surface area contributed by atoms with Crippen molar-refractivity contribution in [2.75, 3.05) is 19.1 Å². The number of hydrogen-bond acceptors (Lipinski definition) is 5. The van der Waals surface area contributed by atoms with Gasteiger partial charge in [-0.2, -0.15) is 0 Å². The van der Waals surface area contributed by atoms with E-state index >= 15 is 0 Å². The van der Waals surface area contributed by atoms with Crippen LogP contribution in [0.4, 0.5) is 5.69 Å². The highest BCUT2D eigenvalue weighted by atomic mass is 16.5. The number of ether oxygens (including phenoxy) is 1. The van der Waals surface area contributed by atoms with E-state index in [4.69, 9.17) is 15.7 Å². The number of pyridine rings is 1. The topological polar surface area (TPSA) is 84.0 Å². The van der Waals surface area contributed by atoms with Crippen molar-refractivity contribution in [2.45, 2.75) is 6.54 Å². The SMILES string of the molecule is COc1cccc(CN(C)c2ccc(C(N)=NO)cc2)n1. The van der Waals surface area contributed by atoms with Crippen molar-refractivity contribution in [3.63, 3.8) is 0 Å². The van der Waals surface area contributed by atoms with Crippen molar-refractivity contribution < 1.29 is 9.94 Å². The number of hydrogen-bond donors (Lipinski definition) is 2. The lowest BCUT2D eigenvalue weighted by atomic mass is 10.2. The lowest BCUT2D eigenvalue weighted by Gasteiger charge is -2.19. The normalized spacial score (nSPS) is 11.2. The van der Waals surface area contributed by atoms with Crippen LogP contribution in [0.15, 0.2) is 47.6 Å². The van der Waals surface area contributed by atoms with Gasteiger partial charge >= 0.3 is 0 Å². The summed E-state index contributed by atoms with van der Waals surface area (Å²) in [5.74, 6) is 0.696. The van der Waals surface area contributed by atoms with Crippen LogP contribution in [0.3, 0.4) is 0 Å². The van der Waals surface area contributed by atoms with Crippen LogP contribution in [-0.2, 0) is 6.54 Å². The molecule has 0 spiro atoms. The van der Waals surface area contributed by atoms with Crippen molar-refractivity contribution >= 4 is 11.5 Å². The zero-order valence-corrected chi connectivity index (χ0v) is 12.0. The van der Waals surface area contributed by atoms with Crippen molar-refractivity contribution in [3.8, 4) is 5.88 Å². The monoisotopic (exact) mass is 286 g/mol. The molecular weight excluding hydrogens is 268 g/mol. The second kappa shape index (κ2) is 6.60. The molecule has 0 aliphatic heterocycles. The van der Waals surface area contributed by atoms with E-state index in [1.807, 2.05) is 37.4 Å². The first-order valence-electron chi connectivity index (χ1n) is 6.43. The molecule has 1 heterocycles. The average Bonchev–Trinajstić information content (AvgIpc) is 2.54. The van der Waals surface area contributed by atoms with Crippen LogP contribution in [0.25, 0.3) is 0 Å². The molecule has 0 aliphatic rings. The zero-order chi connectivity index (χ0) is 15.2. The molecule has 0 fully saturated rings. The van der Waals surface area contributed by atoms with Gasteiger partial charge in [-0.3, -0.25) is 0 Å². The lowest BCUT2D eigenvalue weighted by molar-refractivity contribution is 0.318. The van der Waals surface area contributed by atoms with Crippen LogP contribution in [0, 0.1) is 0 Å². The summed E-state index contributed by atoms with van der Waals surface area (Å²) in [4.78, 5) is 6.43. The minimum absolute atomic E-state index is 0.0960. The molecule has 0 radical (unpaired) electrons. The third kappa shape index (κ3) is 3.62. The Labute approximate surface area is 123 Å². The third-order valence-electron chi connectivity index (χ3n) is 3.10. The Morgan fingerprint density at radius 1 is 1.29 bits per heavy atom. The predicted molar refractivity (Wildman–Crippen MR) is 81.8 cm³/mol. The number of nitrogens with zero attached hydrogens (tertiary/aromatic N) is 3. The third-order valence-corrected chi connectivity index (χ3v) is 3.10. The predicted octanol–water partition coefficient (Wildman–Crippen LogP) is 1.82. The molecule has 3 N–H and O–H groups in total. The van der Waals surface area contributed by atoms with Gasteiger partial charge in [-0.1, -0.05) is 11.2 Å². The average molecular weight is 286 g/mol. The molecule has 0 aliphatic carbocycles. The van der Waals surface area contributed by atoms with Crippen molar-refractivity contribution in [3.05, 3.63) is 53.7 Å². The largest absolute Gasteiger partial charge is 0.481 e. The summed E-state index contributed by atoms with van der Waals surface area (Å²) in [6.45, 7) is 0.653. The van der Waals surface area contributed by atoms with Crippen LogP contribution in [-0.4, -0.2) is 30.2 Å². The standard InChI is InChI=1S/C15H18N4O2/c1-19(10-12-4-3-5-14(17-12)21-2)13-8-6-11(7-9-13)15(16)18-20/h3-9,20H,10H2,1-2H3,(H2,16,18). The highest BCUT2D eigenvalue weighted by Crippen LogP contribution is 2.17. The molecule has 2 aromatic rings. The van der Waals surface area contributed by atoms with Crippen molar-refractivity contribution in [1.82, 2.24) is 4.98 Å². The van der Waals surface area contributed by atoms with Gasteiger partial charge in [0.1, 0.15) is 0 Å². The summed E-state index contributed by atoms with van der Waals surface area (Å²) in [5.41, 5.74) is 8.14. The van der Waals surface area contributed by atoms with Gasteiger partial charge in [0.15, 0.2) is 5.84 Å². The maximum absolute atomic E-state index is 8.64. The molecule has 1 aromatic heterocycles. The molecule has 0 atom stereocenters. The summed E-state index contributed by atoms with van der Waals surface area (Å²) in [7, 11) is 3.57. The van der Waals surface area contributed by atoms with E-state index in [2.05, 4.69) is 15.0 Å². The Hall–Kier alpha value is -2.76. The van der Waals surface area contributed by atoms with Gasteiger partial charge in [-0.25, -0.2) is 4.98 Å². The number of oxime groups is 1. The molecular formula is C15H18N4O2. The van der Waals surface area contributed by atoms with Crippen LogP contribution in [0.1, 0.15) is 11.3 Å². The molecule has 0 saturated carbocycles. The molecule has 0 bridgehead atoms. The first kappa shape index (κ1) is 14.6. The van der Waals surface area contributed by atoms with Crippen LogP contribution < -0.4 is 15.4 Å². The molecule has 110 valence electrons. The summed E-state index contributed by atoms with van der Waals surface area (Å²) in [6, 6.07) is 13.1. The van der Waals surface area contributed by atoms with E-state index < -0.39 is 0 Å². The summed E-state index contributed by atoms with van der Waals surface area (Å²) >= 11 is 0. The first-order chi connectivity index (χ1) is 10.1. The zero-order valence-electron chi connectivity index (χ0n) is 12.0. The molecule has 6 nitrogen and oxygen atoms in total. The Bertz CT molecular complexity index is 626. The van der Waals surface area contributed by atoms with Gasteiger partial charge in [0.25, 0.3) is 0 Å². The Balaban J connectivity index is 2.10. The lowest BCUT2D eigenvalue weighted by Crippen LogP contribution is -2.18. The van der Waals surface area contributed by atoms with Gasteiger partial charge in [0.2, 0.25) is 5.88 Å². The van der Waals surface area contributed by atoms with E-state index in [-0.39, 0.29) is 5.84 Å². The molecule has 0 unspecified atom stereocenters. The summed E-state index contributed by atoms with van der Waals surface area (Å²) < 4.78 is 5.12. The Morgan fingerprint density at radius 2 is 2.00 bits per heavy atom. The van der Waals surface area contributed by atoms with Crippen LogP contribution in [0.5, 0.6) is 5.88 Å². The van der Waals surface area contributed by atoms with E-state index in [1.54, 1.807) is 19.2 Å². The maximum atomic E-state index is 8.64. The number of anilines is 1. The van der Waals surface area contributed by atoms with Gasteiger partial charge in [0, 0.05) is 24.4 Å². The quantitative estimate of drug-likeness (QED) is 0.379. The molecule has 0 saturated heterocycles. The maximum Gasteiger partial charge on any atom is 0.213 e. The Kier molecular flexibility index (Phi) is 4.61.